The minimum absolute atomic E-state index is 0.306. The van der Waals surface area contributed by atoms with E-state index in [9.17, 15) is 18.0 Å². The number of benzene rings is 1. The molecule has 0 aromatic heterocycles. The standard InChI is InChI=1S/C16H21N3O6S/c1-26(22,23)19(11-16(21)18-6-4-17(12-20)5-7-18)13-2-3-14-15(10-13)25-9-8-24-14/h2-3,10,12H,4-9,11H2,1H3. The predicted molar refractivity (Wildman–Crippen MR) is 93.8 cm³/mol. The van der Waals surface area contributed by atoms with Crippen molar-refractivity contribution < 1.29 is 27.5 Å². The third-order valence-corrected chi connectivity index (χ3v) is 5.45. The molecule has 2 heterocycles. The number of nitrogens with zero attached hydrogens (tertiary/aromatic N) is 3. The van der Waals surface area contributed by atoms with E-state index in [1.807, 2.05) is 0 Å². The zero-order valence-corrected chi connectivity index (χ0v) is 15.3. The molecule has 1 aromatic carbocycles. The molecule has 1 fully saturated rings. The Morgan fingerprint density at radius 3 is 2.42 bits per heavy atom. The van der Waals surface area contributed by atoms with Crippen LogP contribution in [0, 0.1) is 0 Å². The van der Waals surface area contributed by atoms with Gasteiger partial charge in [-0.25, -0.2) is 8.42 Å². The quantitative estimate of drug-likeness (QED) is 0.638. The van der Waals surface area contributed by atoms with Crippen molar-refractivity contribution in [2.45, 2.75) is 0 Å². The van der Waals surface area contributed by atoms with Gasteiger partial charge in [-0.15, -0.1) is 0 Å². The highest BCUT2D eigenvalue weighted by Crippen LogP contribution is 2.34. The number of rotatable bonds is 5. The third-order valence-electron chi connectivity index (χ3n) is 4.31. The number of carbonyl (C=O) groups excluding carboxylic acids is 2. The molecule has 26 heavy (non-hydrogen) atoms. The summed E-state index contributed by atoms with van der Waals surface area (Å²) in [5.74, 6) is 0.690. The third kappa shape index (κ3) is 4.01. The molecule has 9 nitrogen and oxygen atoms in total. The first-order chi connectivity index (χ1) is 12.4. The number of fused-ring (bicyclic) bond motifs is 1. The van der Waals surface area contributed by atoms with Crippen molar-refractivity contribution in [3.63, 3.8) is 0 Å². The van der Waals surface area contributed by atoms with Crippen LogP contribution in [0.5, 0.6) is 11.5 Å². The molecule has 10 heteroatoms. The highest BCUT2D eigenvalue weighted by atomic mass is 32.2. The lowest BCUT2D eigenvalue weighted by molar-refractivity contribution is -0.133. The first kappa shape index (κ1) is 18.3. The molecule has 0 bridgehead atoms. The van der Waals surface area contributed by atoms with E-state index >= 15 is 0 Å². The summed E-state index contributed by atoms with van der Waals surface area (Å²) in [5, 5.41) is 0. The first-order valence-electron chi connectivity index (χ1n) is 8.23. The van der Waals surface area contributed by atoms with Crippen molar-refractivity contribution in [3.05, 3.63) is 18.2 Å². The summed E-state index contributed by atoms with van der Waals surface area (Å²) in [6, 6.07) is 4.79. The summed E-state index contributed by atoms with van der Waals surface area (Å²) in [5.41, 5.74) is 0.344. The Hall–Kier alpha value is -2.49. The fourth-order valence-electron chi connectivity index (χ4n) is 2.89. The lowest BCUT2D eigenvalue weighted by Crippen LogP contribution is -2.51. The molecule has 0 radical (unpaired) electrons. The molecule has 0 aliphatic carbocycles. The van der Waals surface area contributed by atoms with Crippen LogP contribution in [-0.2, 0) is 19.6 Å². The molecule has 0 spiro atoms. The molecule has 2 amide bonds. The van der Waals surface area contributed by atoms with Crippen LogP contribution in [0.15, 0.2) is 18.2 Å². The molecule has 1 saturated heterocycles. The summed E-state index contributed by atoms with van der Waals surface area (Å²) in [6.07, 6.45) is 1.81. The molecular formula is C16H21N3O6S. The second-order valence-corrected chi connectivity index (χ2v) is 8.03. The summed E-state index contributed by atoms with van der Waals surface area (Å²) in [4.78, 5) is 26.5. The molecule has 1 aromatic rings. The average Bonchev–Trinajstić information content (AvgIpc) is 2.64. The van der Waals surface area contributed by atoms with Gasteiger partial charge in [0, 0.05) is 32.2 Å². The van der Waals surface area contributed by atoms with E-state index in [-0.39, 0.29) is 12.5 Å². The Bertz CT molecular complexity index is 789. The number of amides is 2. The monoisotopic (exact) mass is 383 g/mol. The zero-order chi connectivity index (χ0) is 18.7. The Balaban J connectivity index is 1.77. The van der Waals surface area contributed by atoms with Gasteiger partial charge in [-0.2, -0.15) is 0 Å². The number of hydrogen-bond donors (Lipinski definition) is 0. The number of anilines is 1. The van der Waals surface area contributed by atoms with Crippen molar-refractivity contribution >= 4 is 28.0 Å². The van der Waals surface area contributed by atoms with Crippen LogP contribution in [0.3, 0.4) is 0 Å². The topological polar surface area (TPSA) is 96.5 Å². The maximum Gasteiger partial charge on any atom is 0.243 e. The minimum atomic E-state index is -3.67. The normalized spacial score (nSPS) is 17.0. The zero-order valence-electron chi connectivity index (χ0n) is 14.5. The van der Waals surface area contributed by atoms with E-state index in [4.69, 9.17) is 9.47 Å². The van der Waals surface area contributed by atoms with Crippen molar-refractivity contribution in [2.24, 2.45) is 0 Å². The van der Waals surface area contributed by atoms with Crippen molar-refractivity contribution in [3.8, 4) is 11.5 Å². The van der Waals surface area contributed by atoms with Gasteiger partial charge >= 0.3 is 0 Å². The molecule has 142 valence electrons. The summed E-state index contributed by atoms with van der Waals surface area (Å²) < 4.78 is 36.5. The van der Waals surface area contributed by atoms with Crippen molar-refractivity contribution in [2.75, 3.05) is 56.5 Å². The largest absolute Gasteiger partial charge is 0.486 e. The summed E-state index contributed by atoms with van der Waals surface area (Å²) >= 11 is 0. The first-order valence-corrected chi connectivity index (χ1v) is 10.1. The number of piperazine rings is 1. The highest BCUT2D eigenvalue weighted by molar-refractivity contribution is 7.92. The molecular weight excluding hydrogens is 362 g/mol. The summed E-state index contributed by atoms with van der Waals surface area (Å²) in [7, 11) is -3.67. The van der Waals surface area contributed by atoms with Crippen LogP contribution in [0.2, 0.25) is 0 Å². The van der Waals surface area contributed by atoms with Gasteiger partial charge in [0.1, 0.15) is 19.8 Å². The van der Waals surface area contributed by atoms with E-state index < -0.39 is 10.0 Å². The predicted octanol–water partition coefficient (Wildman–Crippen LogP) is -0.476. The van der Waals surface area contributed by atoms with Gasteiger partial charge in [0.15, 0.2) is 11.5 Å². The molecule has 2 aliphatic heterocycles. The van der Waals surface area contributed by atoms with Crippen molar-refractivity contribution in [1.29, 1.82) is 0 Å². The molecule has 2 aliphatic rings. The maximum atomic E-state index is 12.6. The second kappa shape index (κ2) is 7.40. The van der Waals surface area contributed by atoms with E-state index in [1.165, 1.54) is 0 Å². The molecule has 0 atom stereocenters. The molecule has 0 N–H and O–H groups in total. The molecule has 3 rings (SSSR count). The van der Waals surface area contributed by atoms with Gasteiger partial charge < -0.3 is 19.3 Å². The molecule has 0 saturated carbocycles. The number of sulfonamides is 1. The SMILES string of the molecule is CS(=O)(=O)N(CC(=O)N1CCN(C=O)CC1)c1ccc2c(c1)OCCO2. The van der Waals surface area contributed by atoms with Gasteiger partial charge in [-0.3, -0.25) is 13.9 Å². The van der Waals surface area contributed by atoms with E-state index in [1.54, 1.807) is 28.0 Å². The Morgan fingerprint density at radius 2 is 1.81 bits per heavy atom. The van der Waals surface area contributed by atoms with Gasteiger partial charge in [-0.05, 0) is 12.1 Å². The fourth-order valence-corrected chi connectivity index (χ4v) is 3.73. The second-order valence-electron chi connectivity index (χ2n) is 6.12. The van der Waals surface area contributed by atoms with Crippen LogP contribution < -0.4 is 13.8 Å². The minimum Gasteiger partial charge on any atom is -0.486 e. The highest BCUT2D eigenvalue weighted by Gasteiger charge is 2.27. The Morgan fingerprint density at radius 1 is 1.15 bits per heavy atom. The van der Waals surface area contributed by atoms with Gasteiger partial charge in [0.2, 0.25) is 22.3 Å². The lowest BCUT2D eigenvalue weighted by atomic mass is 10.2. The van der Waals surface area contributed by atoms with Crippen LogP contribution in [0.1, 0.15) is 0 Å². The van der Waals surface area contributed by atoms with E-state index in [0.717, 1.165) is 17.0 Å². The van der Waals surface area contributed by atoms with Crippen LogP contribution in [0.4, 0.5) is 5.69 Å². The summed E-state index contributed by atoms with van der Waals surface area (Å²) in [6.45, 7) is 2.17. The van der Waals surface area contributed by atoms with E-state index in [2.05, 4.69) is 0 Å². The van der Waals surface area contributed by atoms with E-state index in [0.29, 0.717) is 56.6 Å². The fraction of sp³-hybridized carbons (Fsp3) is 0.500. The van der Waals surface area contributed by atoms with Gasteiger partial charge in [-0.1, -0.05) is 0 Å². The average molecular weight is 383 g/mol. The van der Waals surface area contributed by atoms with Crippen LogP contribution >= 0.6 is 0 Å². The van der Waals surface area contributed by atoms with Crippen LogP contribution in [-0.4, -0.2) is 82.7 Å². The number of hydrogen-bond acceptors (Lipinski definition) is 6. The Labute approximate surface area is 152 Å². The molecule has 0 unspecified atom stereocenters. The Kier molecular flexibility index (Phi) is 5.21. The van der Waals surface area contributed by atoms with Gasteiger partial charge in [0.25, 0.3) is 0 Å². The maximum absolute atomic E-state index is 12.6. The lowest BCUT2D eigenvalue weighted by Gasteiger charge is -2.34. The van der Waals surface area contributed by atoms with Gasteiger partial charge in [0.05, 0.1) is 11.9 Å². The smallest absolute Gasteiger partial charge is 0.243 e. The van der Waals surface area contributed by atoms with Crippen LogP contribution in [0.25, 0.3) is 0 Å². The number of ether oxygens (including phenoxy) is 2. The van der Waals surface area contributed by atoms with Crippen molar-refractivity contribution in [1.82, 2.24) is 9.80 Å². The number of carbonyl (C=O) groups is 2.